The predicted molar refractivity (Wildman–Crippen MR) is 80.7 cm³/mol. The number of thiocarbonyl (C=S) groups is 1. The van der Waals surface area contributed by atoms with Gasteiger partial charge >= 0.3 is 0 Å². The first-order valence-electron chi connectivity index (χ1n) is 5.92. The minimum Gasteiger partial charge on any atom is -0.389 e. The number of benzene rings is 1. The third-order valence-electron chi connectivity index (χ3n) is 3.48. The number of rotatable bonds is 3. The largest absolute Gasteiger partial charge is 0.389 e. The molecule has 0 aromatic heterocycles. The van der Waals surface area contributed by atoms with Gasteiger partial charge in [-0.25, -0.2) is 0 Å². The minimum absolute atomic E-state index is 0.464. The quantitative estimate of drug-likeness (QED) is 0.867. The molecule has 4 heteroatoms. The third kappa shape index (κ3) is 2.80. The highest BCUT2D eigenvalue weighted by atomic mass is 79.9. The molecule has 0 bridgehead atoms. The van der Waals surface area contributed by atoms with E-state index in [1.807, 2.05) is 12.1 Å². The third-order valence-corrected chi connectivity index (χ3v) is 4.19. The molecule has 1 aliphatic rings. The normalized spacial score (nSPS) is 16.1. The number of hydrogen-bond donors (Lipinski definition) is 1. The lowest BCUT2D eigenvalue weighted by molar-refractivity contribution is 0.653. The molecule has 0 spiro atoms. The zero-order valence-electron chi connectivity index (χ0n) is 9.95. The van der Waals surface area contributed by atoms with Crippen LogP contribution in [-0.4, -0.2) is 18.1 Å². The molecule has 0 unspecified atom stereocenters. The molecule has 1 aromatic carbocycles. The molecule has 1 fully saturated rings. The van der Waals surface area contributed by atoms with Gasteiger partial charge < -0.3 is 10.6 Å². The van der Waals surface area contributed by atoms with Gasteiger partial charge in [-0.15, -0.1) is 0 Å². The summed E-state index contributed by atoms with van der Waals surface area (Å²) in [6, 6.07) is 6.77. The van der Waals surface area contributed by atoms with Crippen LogP contribution in [0.2, 0.25) is 0 Å². The smallest absolute Gasteiger partial charge is 0.106 e. The second-order valence-corrected chi connectivity index (χ2v) is 5.93. The summed E-state index contributed by atoms with van der Waals surface area (Å²) in [7, 11) is 2.14. The second kappa shape index (κ2) is 5.36. The lowest BCUT2D eigenvalue weighted by Gasteiger charge is -2.28. The number of anilines is 1. The zero-order chi connectivity index (χ0) is 12.4. The van der Waals surface area contributed by atoms with Crippen LogP contribution in [0.1, 0.15) is 31.2 Å². The van der Waals surface area contributed by atoms with E-state index in [4.69, 9.17) is 18.0 Å². The summed E-state index contributed by atoms with van der Waals surface area (Å²) < 4.78 is 1.02. The molecule has 0 saturated heterocycles. The maximum atomic E-state index is 5.80. The van der Waals surface area contributed by atoms with Crippen LogP contribution in [0.15, 0.2) is 22.7 Å². The van der Waals surface area contributed by atoms with Crippen molar-refractivity contribution in [2.75, 3.05) is 11.9 Å². The van der Waals surface area contributed by atoms with Crippen LogP contribution < -0.4 is 10.6 Å². The van der Waals surface area contributed by atoms with Crippen molar-refractivity contribution >= 4 is 38.8 Å². The Hall–Kier alpha value is -0.610. The molecule has 92 valence electrons. The molecule has 2 N–H and O–H groups in total. The minimum atomic E-state index is 0.464. The zero-order valence-corrected chi connectivity index (χ0v) is 12.4. The monoisotopic (exact) mass is 312 g/mol. The topological polar surface area (TPSA) is 29.3 Å². The molecule has 2 rings (SSSR count). The Kier molecular flexibility index (Phi) is 4.05. The van der Waals surface area contributed by atoms with Crippen molar-refractivity contribution < 1.29 is 0 Å². The predicted octanol–water partition coefficient (Wildman–Crippen LogP) is 3.46. The first-order valence-corrected chi connectivity index (χ1v) is 7.12. The number of hydrogen-bond acceptors (Lipinski definition) is 2. The van der Waals surface area contributed by atoms with Crippen molar-refractivity contribution in [1.29, 1.82) is 0 Å². The summed E-state index contributed by atoms with van der Waals surface area (Å²) in [5, 5.41) is 0. The molecule has 1 saturated carbocycles. The first-order chi connectivity index (χ1) is 8.09. The van der Waals surface area contributed by atoms with Crippen LogP contribution in [-0.2, 0) is 0 Å². The van der Waals surface area contributed by atoms with E-state index in [0.29, 0.717) is 11.0 Å². The van der Waals surface area contributed by atoms with Gasteiger partial charge in [0.15, 0.2) is 0 Å². The average Bonchev–Trinajstić information content (AvgIpc) is 2.81. The second-order valence-electron chi connectivity index (χ2n) is 4.57. The summed E-state index contributed by atoms with van der Waals surface area (Å²) in [6.45, 7) is 0. The van der Waals surface area contributed by atoms with E-state index in [0.717, 1.165) is 15.7 Å². The van der Waals surface area contributed by atoms with E-state index in [2.05, 4.69) is 33.9 Å². The summed E-state index contributed by atoms with van der Waals surface area (Å²) in [4.78, 5) is 2.79. The van der Waals surface area contributed by atoms with Gasteiger partial charge in [-0.1, -0.05) is 41.0 Å². The summed E-state index contributed by atoms with van der Waals surface area (Å²) in [5.41, 5.74) is 7.91. The van der Waals surface area contributed by atoms with Gasteiger partial charge in [-0.05, 0) is 31.0 Å². The Morgan fingerprint density at radius 1 is 1.41 bits per heavy atom. The summed E-state index contributed by atoms with van der Waals surface area (Å²) in [6.07, 6.45) is 5.19. The van der Waals surface area contributed by atoms with E-state index in [1.54, 1.807) is 0 Å². The van der Waals surface area contributed by atoms with Gasteiger partial charge in [-0.2, -0.15) is 0 Å². The van der Waals surface area contributed by atoms with Crippen molar-refractivity contribution in [3.05, 3.63) is 28.2 Å². The lowest BCUT2D eigenvalue weighted by atomic mass is 10.1. The highest BCUT2D eigenvalue weighted by molar-refractivity contribution is 9.10. The molecule has 0 atom stereocenters. The van der Waals surface area contributed by atoms with E-state index >= 15 is 0 Å². The van der Waals surface area contributed by atoms with Crippen LogP contribution in [0.3, 0.4) is 0 Å². The van der Waals surface area contributed by atoms with Crippen LogP contribution in [0.4, 0.5) is 5.69 Å². The van der Waals surface area contributed by atoms with Crippen LogP contribution >= 0.6 is 28.1 Å². The van der Waals surface area contributed by atoms with E-state index in [1.165, 1.54) is 25.7 Å². The highest BCUT2D eigenvalue weighted by Crippen LogP contribution is 2.30. The van der Waals surface area contributed by atoms with Crippen molar-refractivity contribution in [2.24, 2.45) is 5.73 Å². The molecule has 0 amide bonds. The fourth-order valence-electron chi connectivity index (χ4n) is 2.50. The van der Waals surface area contributed by atoms with Gasteiger partial charge in [0.05, 0.1) is 0 Å². The fourth-order valence-corrected chi connectivity index (χ4v) is 3.03. The Bertz CT molecular complexity index is 427. The van der Waals surface area contributed by atoms with Gasteiger partial charge in [0.25, 0.3) is 0 Å². The van der Waals surface area contributed by atoms with Crippen molar-refractivity contribution in [3.8, 4) is 0 Å². The van der Waals surface area contributed by atoms with E-state index < -0.39 is 0 Å². The van der Waals surface area contributed by atoms with E-state index in [-0.39, 0.29) is 0 Å². The lowest BCUT2D eigenvalue weighted by Crippen LogP contribution is -2.30. The SMILES string of the molecule is CN(c1ccc(Br)cc1C(N)=S)C1CCCC1. The van der Waals surface area contributed by atoms with Crippen LogP contribution in [0, 0.1) is 0 Å². The molecule has 17 heavy (non-hydrogen) atoms. The fraction of sp³-hybridized carbons (Fsp3) is 0.462. The Labute approximate surface area is 116 Å². The Morgan fingerprint density at radius 2 is 2.06 bits per heavy atom. The van der Waals surface area contributed by atoms with Crippen LogP contribution in [0.25, 0.3) is 0 Å². The van der Waals surface area contributed by atoms with Gasteiger partial charge in [0.1, 0.15) is 4.99 Å². The molecule has 1 aliphatic carbocycles. The Balaban J connectivity index is 2.33. The van der Waals surface area contributed by atoms with Crippen molar-refractivity contribution in [2.45, 2.75) is 31.7 Å². The first kappa shape index (κ1) is 12.8. The maximum absolute atomic E-state index is 5.80. The molecule has 0 aliphatic heterocycles. The molecule has 2 nitrogen and oxygen atoms in total. The van der Waals surface area contributed by atoms with Crippen molar-refractivity contribution in [1.82, 2.24) is 0 Å². The van der Waals surface area contributed by atoms with Gasteiger partial charge in [0.2, 0.25) is 0 Å². The number of nitrogens with two attached hydrogens (primary N) is 1. The summed E-state index contributed by atoms with van der Waals surface area (Å²) >= 11 is 8.60. The molecule has 1 aromatic rings. The number of nitrogens with zero attached hydrogens (tertiary/aromatic N) is 1. The molecular formula is C13H17BrN2S. The standard InChI is InChI=1S/C13H17BrN2S/c1-16(10-4-2-3-5-10)12-7-6-9(14)8-11(12)13(15)17/h6-8,10H,2-5H2,1H3,(H2,15,17). The summed E-state index contributed by atoms with van der Waals surface area (Å²) in [5.74, 6) is 0. The number of halogens is 1. The van der Waals surface area contributed by atoms with Crippen LogP contribution in [0.5, 0.6) is 0 Å². The highest BCUT2D eigenvalue weighted by Gasteiger charge is 2.22. The molecule has 0 heterocycles. The van der Waals surface area contributed by atoms with Crippen molar-refractivity contribution in [3.63, 3.8) is 0 Å². The molecular weight excluding hydrogens is 296 g/mol. The Morgan fingerprint density at radius 3 is 2.65 bits per heavy atom. The maximum Gasteiger partial charge on any atom is 0.106 e. The van der Waals surface area contributed by atoms with Gasteiger partial charge in [-0.3, -0.25) is 0 Å². The van der Waals surface area contributed by atoms with E-state index in [9.17, 15) is 0 Å². The van der Waals surface area contributed by atoms with Gasteiger partial charge in [0, 0.05) is 28.8 Å². The molecule has 0 radical (unpaired) electrons. The average molecular weight is 313 g/mol.